The molecule has 7 heteroatoms. The summed E-state index contributed by atoms with van der Waals surface area (Å²) >= 11 is 5.77. The predicted molar refractivity (Wildman–Crippen MR) is 89.9 cm³/mol. The number of halogens is 2. The van der Waals surface area contributed by atoms with Crippen LogP contribution in [0.2, 0.25) is 0 Å². The number of amides is 2. The Bertz CT molecular complexity index is 770. The van der Waals surface area contributed by atoms with Crippen LogP contribution >= 0.6 is 39.0 Å². The molecule has 1 aliphatic heterocycles. The van der Waals surface area contributed by atoms with Gasteiger partial charge in [0.1, 0.15) is 5.82 Å². The highest BCUT2D eigenvalue weighted by Crippen LogP contribution is 2.35. The summed E-state index contributed by atoms with van der Waals surface area (Å²) in [5, 5.41) is -0.309. The quantitative estimate of drug-likeness (QED) is 0.692. The van der Waals surface area contributed by atoms with Crippen molar-refractivity contribution < 1.29 is 14.0 Å². The standard InChI is InChI=1S/C15H9BrFNO2S2/c16-13-6-5-11(21-13)7-12-14(19)18(15(20)22-12)8-9-1-3-10(17)4-2-9/h1-7H,8H2/b12-7-. The summed E-state index contributed by atoms with van der Waals surface area (Å²) in [5.74, 6) is -0.662. The summed E-state index contributed by atoms with van der Waals surface area (Å²) in [7, 11) is 0. The van der Waals surface area contributed by atoms with Crippen molar-refractivity contribution in [1.82, 2.24) is 4.90 Å². The van der Waals surface area contributed by atoms with Gasteiger partial charge in [-0.1, -0.05) is 12.1 Å². The van der Waals surface area contributed by atoms with E-state index in [9.17, 15) is 14.0 Å². The largest absolute Gasteiger partial charge is 0.293 e. The minimum Gasteiger partial charge on any atom is -0.268 e. The lowest BCUT2D eigenvalue weighted by Crippen LogP contribution is -2.27. The minimum absolute atomic E-state index is 0.149. The molecule has 2 aromatic rings. The molecule has 0 atom stereocenters. The molecule has 1 fully saturated rings. The second-order valence-corrected chi connectivity index (χ2v) is 8.02. The monoisotopic (exact) mass is 397 g/mol. The summed E-state index contributed by atoms with van der Waals surface area (Å²) in [6, 6.07) is 9.53. The second-order valence-electron chi connectivity index (χ2n) is 4.54. The molecule has 3 nitrogen and oxygen atoms in total. The molecule has 0 aliphatic carbocycles. The first-order valence-electron chi connectivity index (χ1n) is 6.28. The fraction of sp³-hybridized carbons (Fsp3) is 0.0667. The molecule has 0 spiro atoms. The van der Waals surface area contributed by atoms with E-state index in [2.05, 4.69) is 15.9 Å². The van der Waals surface area contributed by atoms with Crippen molar-refractivity contribution >= 4 is 56.3 Å². The first kappa shape index (κ1) is 15.5. The van der Waals surface area contributed by atoms with Gasteiger partial charge in [-0.25, -0.2) is 4.39 Å². The van der Waals surface area contributed by atoms with Gasteiger partial charge in [-0.05, 0) is 63.6 Å². The van der Waals surface area contributed by atoms with Crippen molar-refractivity contribution in [1.29, 1.82) is 0 Å². The second kappa shape index (κ2) is 6.36. The average Bonchev–Trinajstić information content (AvgIpc) is 3.00. The Morgan fingerprint density at radius 1 is 1.14 bits per heavy atom. The van der Waals surface area contributed by atoms with Gasteiger partial charge in [-0.15, -0.1) is 11.3 Å². The third-order valence-electron chi connectivity index (χ3n) is 2.99. The van der Waals surface area contributed by atoms with Crippen molar-refractivity contribution in [2.24, 2.45) is 0 Å². The average molecular weight is 398 g/mol. The number of imide groups is 1. The molecular weight excluding hydrogens is 389 g/mol. The van der Waals surface area contributed by atoms with E-state index in [0.29, 0.717) is 10.5 Å². The first-order chi connectivity index (χ1) is 10.5. The molecule has 0 bridgehead atoms. The molecule has 2 heterocycles. The zero-order valence-electron chi connectivity index (χ0n) is 11.1. The van der Waals surface area contributed by atoms with Crippen LogP contribution in [0.15, 0.2) is 45.1 Å². The van der Waals surface area contributed by atoms with Crippen molar-refractivity contribution in [3.05, 3.63) is 61.3 Å². The van der Waals surface area contributed by atoms with E-state index in [0.717, 1.165) is 20.4 Å². The number of carbonyl (C=O) groups is 2. The molecule has 3 rings (SSSR count). The molecule has 0 saturated carbocycles. The van der Waals surface area contributed by atoms with Crippen molar-refractivity contribution in [3.8, 4) is 0 Å². The lowest BCUT2D eigenvalue weighted by atomic mass is 10.2. The topological polar surface area (TPSA) is 37.4 Å². The molecule has 1 aliphatic rings. The Hall–Kier alpha value is -1.44. The summed E-state index contributed by atoms with van der Waals surface area (Å²) in [6.07, 6.45) is 1.71. The Labute approximate surface area is 142 Å². The van der Waals surface area contributed by atoms with Crippen molar-refractivity contribution in [3.63, 3.8) is 0 Å². The lowest BCUT2D eigenvalue weighted by Gasteiger charge is -2.12. The highest BCUT2D eigenvalue weighted by atomic mass is 79.9. The molecule has 0 unspecified atom stereocenters. The maximum Gasteiger partial charge on any atom is 0.293 e. The van der Waals surface area contributed by atoms with Gasteiger partial charge in [-0.2, -0.15) is 0 Å². The van der Waals surface area contributed by atoms with Crippen LogP contribution in [0.5, 0.6) is 0 Å². The van der Waals surface area contributed by atoms with Crippen LogP contribution in [0, 0.1) is 5.82 Å². The fourth-order valence-corrected chi connectivity index (χ4v) is 4.21. The van der Waals surface area contributed by atoms with Gasteiger partial charge in [0.15, 0.2) is 0 Å². The number of thioether (sulfide) groups is 1. The van der Waals surface area contributed by atoms with E-state index in [-0.39, 0.29) is 23.5 Å². The predicted octanol–water partition coefficient (Wildman–Crippen LogP) is 4.89. The molecule has 112 valence electrons. The third kappa shape index (κ3) is 3.31. The van der Waals surface area contributed by atoms with Gasteiger partial charge in [0, 0.05) is 4.88 Å². The smallest absolute Gasteiger partial charge is 0.268 e. The van der Waals surface area contributed by atoms with E-state index in [4.69, 9.17) is 0 Å². The maximum atomic E-state index is 12.9. The van der Waals surface area contributed by atoms with Crippen LogP contribution in [0.3, 0.4) is 0 Å². The maximum absolute atomic E-state index is 12.9. The number of hydrogen-bond donors (Lipinski definition) is 0. The van der Waals surface area contributed by atoms with Crippen LogP contribution in [0.4, 0.5) is 9.18 Å². The number of nitrogens with zero attached hydrogens (tertiary/aromatic N) is 1. The summed E-state index contributed by atoms with van der Waals surface area (Å²) in [6.45, 7) is 0.149. The molecule has 1 saturated heterocycles. The first-order valence-corrected chi connectivity index (χ1v) is 8.71. The molecule has 1 aromatic heterocycles. The molecular formula is C15H9BrFNO2S2. The van der Waals surface area contributed by atoms with E-state index < -0.39 is 0 Å². The fourth-order valence-electron chi connectivity index (χ4n) is 1.94. The highest BCUT2D eigenvalue weighted by Gasteiger charge is 2.35. The Kier molecular flexibility index (Phi) is 4.46. The number of rotatable bonds is 3. The Morgan fingerprint density at radius 2 is 1.86 bits per heavy atom. The molecule has 0 N–H and O–H groups in total. The number of benzene rings is 1. The van der Waals surface area contributed by atoms with Crippen molar-refractivity contribution in [2.45, 2.75) is 6.54 Å². The van der Waals surface area contributed by atoms with E-state index in [1.807, 2.05) is 12.1 Å². The van der Waals surface area contributed by atoms with Crippen molar-refractivity contribution in [2.75, 3.05) is 0 Å². The molecule has 2 amide bonds. The third-order valence-corrected chi connectivity index (χ3v) is 5.47. The molecule has 22 heavy (non-hydrogen) atoms. The summed E-state index contributed by atoms with van der Waals surface area (Å²) in [5.41, 5.74) is 0.712. The number of carbonyl (C=O) groups excluding carboxylic acids is 2. The van der Waals surface area contributed by atoms with E-state index in [1.165, 1.54) is 28.4 Å². The Morgan fingerprint density at radius 3 is 2.50 bits per heavy atom. The zero-order valence-corrected chi connectivity index (χ0v) is 14.3. The zero-order chi connectivity index (χ0) is 15.7. The van der Waals surface area contributed by atoms with Gasteiger partial charge < -0.3 is 0 Å². The van der Waals surface area contributed by atoms with Gasteiger partial charge in [0.05, 0.1) is 15.2 Å². The van der Waals surface area contributed by atoms with Crippen LogP contribution < -0.4 is 0 Å². The van der Waals surface area contributed by atoms with Crippen LogP contribution in [0.25, 0.3) is 6.08 Å². The Balaban J connectivity index is 1.79. The SMILES string of the molecule is O=C1S/C(=C\c2ccc(Br)s2)C(=O)N1Cc1ccc(F)cc1. The molecule has 0 radical (unpaired) electrons. The van der Waals surface area contributed by atoms with E-state index >= 15 is 0 Å². The lowest BCUT2D eigenvalue weighted by molar-refractivity contribution is -0.123. The van der Waals surface area contributed by atoms with E-state index in [1.54, 1.807) is 18.2 Å². The number of hydrogen-bond acceptors (Lipinski definition) is 4. The number of thiophene rings is 1. The van der Waals surface area contributed by atoms with Crippen LogP contribution in [-0.4, -0.2) is 16.0 Å². The highest BCUT2D eigenvalue weighted by molar-refractivity contribution is 9.11. The van der Waals surface area contributed by atoms with Gasteiger partial charge in [0.2, 0.25) is 0 Å². The van der Waals surface area contributed by atoms with Crippen LogP contribution in [0.1, 0.15) is 10.4 Å². The van der Waals surface area contributed by atoms with Gasteiger partial charge >= 0.3 is 0 Å². The summed E-state index contributed by atoms with van der Waals surface area (Å²) < 4.78 is 13.9. The summed E-state index contributed by atoms with van der Waals surface area (Å²) in [4.78, 5) is 26.8. The van der Waals surface area contributed by atoms with Crippen LogP contribution in [-0.2, 0) is 11.3 Å². The minimum atomic E-state index is -0.346. The van der Waals surface area contributed by atoms with Gasteiger partial charge in [0.25, 0.3) is 11.1 Å². The van der Waals surface area contributed by atoms with Gasteiger partial charge in [-0.3, -0.25) is 14.5 Å². The normalized spacial score (nSPS) is 16.8. The molecule has 1 aromatic carbocycles.